The number of hydrogen-bond acceptors (Lipinski definition) is 1. The van der Waals surface area contributed by atoms with E-state index in [0.29, 0.717) is 17.6 Å². The highest BCUT2D eigenvalue weighted by Crippen LogP contribution is 2.36. The van der Waals surface area contributed by atoms with Crippen LogP contribution in [0.4, 0.5) is 0 Å². The van der Waals surface area contributed by atoms with Crippen LogP contribution in [0.3, 0.4) is 0 Å². The molecule has 3 aromatic carbocycles. The van der Waals surface area contributed by atoms with Gasteiger partial charge in [0, 0.05) is 5.56 Å². The molecular formula is C24H26O. The van der Waals surface area contributed by atoms with Crippen molar-refractivity contribution < 1.29 is 5.11 Å². The summed E-state index contributed by atoms with van der Waals surface area (Å²) in [6.07, 6.45) is 0. The van der Waals surface area contributed by atoms with E-state index >= 15 is 0 Å². The number of hydrogen-bond donors (Lipinski definition) is 1. The van der Waals surface area contributed by atoms with Crippen LogP contribution in [0.25, 0.3) is 22.3 Å². The van der Waals surface area contributed by atoms with Crippen molar-refractivity contribution in [3.8, 4) is 28.0 Å². The van der Waals surface area contributed by atoms with Crippen molar-refractivity contribution in [1.82, 2.24) is 0 Å². The second-order valence-electron chi connectivity index (χ2n) is 7.25. The van der Waals surface area contributed by atoms with E-state index in [0.717, 1.165) is 16.7 Å². The molecule has 0 amide bonds. The summed E-state index contributed by atoms with van der Waals surface area (Å²) < 4.78 is 0. The van der Waals surface area contributed by atoms with Crippen LogP contribution in [0, 0.1) is 0 Å². The molecule has 0 unspecified atom stereocenters. The maximum atomic E-state index is 10.4. The minimum Gasteiger partial charge on any atom is -0.507 e. The van der Waals surface area contributed by atoms with Crippen LogP contribution in [0.2, 0.25) is 0 Å². The molecule has 3 rings (SSSR count). The highest BCUT2D eigenvalue weighted by atomic mass is 16.3. The Morgan fingerprint density at radius 1 is 0.640 bits per heavy atom. The molecule has 0 aliphatic carbocycles. The molecule has 1 heteroatoms. The van der Waals surface area contributed by atoms with Crippen molar-refractivity contribution in [2.24, 2.45) is 0 Å². The van der Waals surface area contributed by atoms with Gasteiger partial charge in [0.2, 0.25) is 0 Å². The summed E-state index contributed by atoms with van der Waals surface area (Å²) in [5, 5.41) is 10.4. The SMILES string of the molecule is CC(C)c1ccc(-c2cc(-c3ccccc3C(C)C)ccc2O)cc1. The van der Waals surface area contributed by atoms with Gasteiger partial charge in [0.1, 0.15) is 5.75 Å². The summed E-state index contributed by atoms with van der Waals surface area (Å²) in [6.45, 7) is 8.81. The fourth-order valence-corrected chi connectivity index (χ4v) is 3.25. The molecule has 0 atom stereocenters. The van der Waals surface area contributed by atoms with Gasteiger partial charge in [-0.05, 0) is 51.8 Å². The molecule has 128 valence electrons. The molecule has 0 saturated carbocycles. The van der Waals surface area contributed by atoms with Crippen molar-refractivity contribution in [2.75, 3.05) is 0 Å². The normalized spacial score (nSPS) is 11.3. The Kier molecular flexibility index (Phi) is 4.94. The van der Waals surface area contributed by atoms with Crippen LogP contribution in [0.1, 0.15) is 50.7 Å². The first-order valence-corrected chi connectivity index (χ1v) is 9.00. The Bertz CT molecular complexity index is 858. The zero-order valence-corrected chi connectivity index (χ0v) is 15.5. The van der Waals surface area contributed by atoms with Gasteiger partial charge >= 0.3 is 0 Å². The minimum atomic E-state index is 0.322. The van der Waals surface area contributed by atoms with Crippen LogP contribution < -0.4 is 0 Å². The standard InChI is InChI=1S/C24H26O/c1-16(2)18-9-11-19(12-10-18)23-15-20(13-14-24(23)25)22-8-6-5-7-21(22)17(3)4/h5-17,25H,1-4H3. The van der Waals surface area contributed by atoms with Crippen LogP contribution >= 0.6 is 0 Å². The maximum Gasteiger partial charge on any atom is 0.123 e. The van der Waals surface area contributed by atoms with E-state index in [1.165, 1.54) is 16.7 Å². The third-order valence-corrected chi connectivity index (χ3v) is 4.78. The van der Waals surface area contributed by atoms with Crippen LogP contribution in [0.15, 0.2) is 66.7 Å². The lowest BCUT2D eigenvalue weighted by Gasteiger charge is -2.15. The lowest BCUT2D eigenvalue weighted by atomic mass is 9.90. The van der Waals surface area contributed by atoms with Gasteiger partial charge in [-0.3, -0.25) is 0 Å². The highest BCUT2D eigenvalue weighted by Gasteiger charge is 2.11. The Balaban J connectivity index is 2.07. The van der Waals surface area contributed by atoms with Crippen LogP contribution in [0.5, 0.6) is 5.75 Å². The third kappa shape index (κ3) is 3.61. The topological polar surface area (TPSA) is 20.2 Å². The molecule has 3 aromatic rings. The third-order valence-electron chi connectivity index (χ3n) is 4.78. The molecule has 0 spiro atoms. The first-order valence-electron chi connectivity index (χ1n) is 9.00. The number of rotatable bonds is 4. The molecule has 1 N–H and O–H groups in total. The Labute approximate surface area is 151 Å². The van der Waals surface area contributed by atoms with Crippen LogP contribution in [-0.2, 0) is 0 Å². The van der Waals surface area contributed by atoms with Gasteiger partial charge in [-0.15, -0.1) is 0 Å². The van der Waals surface area contributed by atoms with Gasteiger partial charge in [0.15, 0.2) is 0 Å². The summed E-state index contributed by atoms with van der Waals surface area (Å²) in [5.74, 6) is 1.29. The van der Waals surface area contributed by atoms with Crippen molar-refractivity contribution in [1.29, 1.82) is 0 Å². The monoisotopic (exact) mass is 330 g/mol. The van der Waals surface area contributed by atoms with E-state index in [-0.39, 0.29) is 0 Å². The molecule has 0 bridgehead atoms. The number of phenols is 1. The van der Waals surface area contributed by atoms with E-state index in [2.05, 4.69) is 82.3 Å². The van der Waals surface area contributed by atoms with Gasteiger partial charge in [-0.1, -0.05) is 82.3 Å². The van der Waals surface area contributed by atoms with Crippen molar-refractivity contribution in [2.45, 2.75) is 39.5 Å². The van der Waals surface area contributed by atoms with E-state index in [1.54, 1.807) is 6.07 Å². The van der Waals surface area contributed by atoms with Crippen molar-refractivity contribution >= 4 is 0 Å². The van der Waals surface area contributed by atoms with Crippen molar-refractivity contribution in [3.63, 3.8) is 0 Å². The van der Waals surface area contributed by atoms with Gasteiger partial charge in [-0.2, -0.15) is 0 Å². The molecular weight excluding hydrogens is 304 g/mol. The van der Waals surface area contributed by atoms with Gasteiger partial charge in [0.05, 0.1) is 0 Å². The zero-order chi connectivity index (χ0) is 18.0. The molecule has 0 aliphatic rings. The predicted octanol–water partition coefficient (Wildman–Crippen LogP) is 6.97. The van der Waals surface area contributed by atoms with E-state index in [1.807, 2.05) is 6.07 Å². The van der Waals surface area contributed by atoms with Gasteiger partial charge < -0.3 is 5.11 Å². The minimum absolute atomic E-state index is 0.322. The second kappa shape index (κ2) is 7.14. The largest absolute Gasteiger partial charge is 0.507 e. The average molecular weight is 330 g/mol. The molecule has 1 nitrogen and oxygen atoms in total. The van der Waals surface area contributed by atoms with Crippen molar-refractivity contribution in [3.05, 3.63) is 77.9 Å². The molecule has 0 heterocycles. The summed E-state index contributed by atoms with van der Waals surface area (Å²) >= 11 is 0. The zero-order valence-electron chi connectivity index (χ0n) is 15.5. The fourth-order valence-electron chi connectivity index (χ4n) is 3.25. The number of phenolic OH excluding ortho intramolecular Hbond substituents is 1. The molecule has 0 saturated heterocycles. The lowest BCUT2D eigenvalue weighted by molar-refractivity contribution is 0.477. The summed E-state index contributed by atoms with van der Waals surface area (Å²) in [6, 6.07) is 22.9. The lowest BCUT2D eigenvalue weighted by Crippen LogP contribution is -1.92. The van der Waals surface area contributed by atoms with E-state index < -0.39 is 0 Å². The first-order chi connectivity index (χ1) is 12.0. The van der Waals surface area contributed by atoms with Gasteiger partial charge in [-0.25, -0.2) is 0 Å². The van der Waals surface area contributed by atoms with E-state index in [4.69, 9.17) is 0 Å². The Morgan fingerprint density at radius 3 is 1.92 bits per heavy atom. The predicted molar refractivity (Wildman–Crippen MR) is 107 cm³/mol. The smallest absolute Gasteiger partial charge is 0.123 e. The highest BCUT2D eigenvalue weighted by molar-refractivity contribution is 5.79. The molecule has 0 aliphatic heterocycles. The molecule has 25 heavy (non-hydrogen) atoms. The summed E-state index contributed by atoms with van der Waals surface area (Å²) in [4.78, 5) is 0. The van der Waals surface area contributed by atoms with Gasteiger partial charge in [0.25, 0.3) is 0 Å². The second-order valence-corrected chi connectivity index (χ2v) is 7.25. The average Bonchev–Trinajstić information content (AvgIpc) is 2.62. The van der Waals surface area contributed by atoms with Crippen LogP contribution in [-0.4, -0.2) is 5.11 Å². The first kappa shape index (κ1) is 17.3. The molecule has 0 fully saturated rings. The van der Waals surface area contributed by atoms with E-state index in [9.17, 15) is 5.11 Å². The fraction of sp³-hybridized carbons (Fsp3) is 0.250. The Hall–Kier alpha value is -2.54. The summed E-state index contributed by atoms with van der Waals surface area (Å²) in [7, 11) is 0. The number of aromatic hydroxyl groups is 1. The number of benzene rings is 3. The molecule has 0 aromatic heterocycles. The quantitative estimate of drug-likeness (QED) is 0.547. The molecule has 0 radical (unpaired) electrons. The maximum absolute atomic E-state index is 10.4. The Morgan fingerprint density at radius 2 is 1.28 bits per heavy atom. The summed E-state index contributed by atoms with van der Waals surface area (Å²) in [5.41, 5.74) is 6.94.